The average Bonchev–Trinajstić information content (AvgIpc) is 3.82. The van der Waals surface area contributed by atoms with Crippen molar-refractivity contribution < 1.29 is 28.7 Å². The van der Waals surface area contributed by atoms with E-state index in [-0.39, 0.29) is 23.2 Å². The summed E-state index contributed by atoms with van der Waals surface area (Å²) in [5, 5.41) is 14.8. The lowest BCUT2D eigenvalue weighted by atomic mass is 9.98. The molecule has 0 fully saturated rings. The summed E-state index contributed by atoms with van der Waals surface area (Å²) in [6.07, 6.45) is 0.844. The fourth-order valence-electron chi connectivity index (χ4n) is 7.15. The van der Waals surface area contributed by atoms with Crippen LogP contribution in [0, 0.1) is 0 Å². The monoisotopic (exact) mass is 752 g/mol. The first kappa shape index (κ1) is 35.7. The average molecular weight is 753 g/mol. The lowest BCUT2D eigenvalue weighted by molar-refractivity contribution is -0.119. The number of rotatable bonds is 10. The van der Waals surface area contributed by atoms with Crippen LogP contribution in [0.25, 0.3) is 5.69 Å². The van der Waals surface area contributed by atoms with E-state index in [0.29, 0.717) is 88.4 Å². The smallest absolute Gasteiger partial charge is 0.277 e. The minimum absolute atomic E-state index is 0.0718. The maximum atomic E-state index is 13.9. The number of aromatic nitrogens is 2. The van der Waals surface area contributed by atoms with Crippen molar-refractivity contribution in [3.8, 4) is 17.2 Å². The van der Waals surface area contributed by atoms with Crippen LogP contribution in [0.1, 0.15) is 33.0 Å². The summed E-state index contributed by atoms with van der Waals surface area (Å²) in [6.45, 7) is 0.692. The SMILES string of the molecule is COc1ccc(N2NC(C(N)=O)C3=C2C(=O)N(c2ccc(/N=N/c4ccc(N5CCc6c(C(N)=O)nn(-c7ccc(OC)cc7)c6C5=O)cc4)cc2)CC3)cc1. The van der Waals surface area contributed by atoms with Gasteiger partial charge in [-0.3, -0.25) is 24.2 Å². The van der Waals surface area contributed by atoms with Crippen LogP contribution < -0.4 is 41.2 Å². The molecule has 3 aliphatic rings. The molecule has 1 unspecified atom stereocenters. The van der Waals surface area contributed by atoms with Gasteiger partial charge in [0.25, 0.3) is 17.7 Å². The molecule has 16 heteroatoms. The van der Waals surface area contributed by atoms with E-state index < -0.39 is 17.9 Å². The Bertz CT molecular complexity index is 2420. The molecule has 4 amide bonds. The molecule has 16 nitrogen and oxygen atoms in total. The van der Waals surface area contributed by atoms with Crippen molar-refractivity contribution in [2.45, 2.75) is 18.9 Å². The molecule has 0 saturated carbocycles. The molecule has 0 bridgehead atoms. The Morgan fingerprint density at radius 1 is 0.696 bits per heavy atom. The zero-order valence-electron chi connectivity index (χ0n) is 30.4. The summed E-state index contributed by atoms with van der Waals surface area (Å²) in [6, 6.07) is 27.5. The minimum atomic E-state index is -0.797. The number of primary amides is 2. The second-order valence-corrected chi connectivity index (χ2v) is 13.2. The van der Waals surface area contributed by atoms with Gasteiger partial charge in [-0.15, -0.1) is 0 Å². The van der Waals surface area contributed by atoms with E-state index in [1.165, 1.54) is 4.68 Å². The molecule has 56 heavy (non-hydrogen) atoms. The van der Waals surface area contributed by atoms with E-state index in [1.807, 2.05) is 0 Å². The Morgan fingerprint density at radius 3 is 1.71 bits per heavy atom. The number of nitrogens with one attached hydrogen (secondary N) is 1. The summed E-state index contributed by atoms with van der Waals surface area (Å²) in [7, 11) is 3.13. The quantitative estimate of drug-likeness (QED) is 0.172. The first-order valence-corrected chi connectivity index (χ1v) is 17.7. The summed E-state index contributed by atoms with van der Waals surface area (Å²) in [4.78, 5) is 55.7. The molecule has 0 aliphatic carbocycles. The predicted molar refractivity (Wildman–Crippen MR) is 207 cm³/mol. The molecule has 3 aliphatic heterocycles. The van der Waals surface area contributed by atoms with Crippen molar-refractivity contribution >= 4 is 52.1 Å². The Hall–Kier alpha value is -7.33. The zero-order valence-corrected chi connectivity index (χ0v) is 30.4. The fraction of sp³-hybridized carbons (Fsp3) is 0.175. The number of ether oxygens (including phenoxy) is 2. The van der Waals surface area contributed by atoms with Crippen molar-refractivity contribution in [1.29, 1.82) is 0 Å². The number of hydrogen-bond acceptors (Lipinski definition) is 11. The molecule has 5 N–H and O–H groups in total. The van der Waals surface area contributed by atoms with Gasteiger partial charge in [0.15, 0.2) is 5.69 Å². The van der Waals surface area contributed by atoms with Crippen LogP contribution in [0.5, 0.6) is 11.5 Å². The number of nitrogens with two attached hydrogens (primary N) is 2. The molecular formula is C40H36N10O6. The standard InChI is InChI=1S/C40H36N10O6/c1-55-29-15-11-27(12-16-29)49-35-31(33(45-49)37(41)51)19-21-47(39(35)53)25-7-3-23(4-8-25)43-44-24-5-9-26(10-6-24)48-22-20-32-34(38(42)52)46-50(36(32)40(48)54)28-13-17-30(56-2)18-14-28/h3-18,33,45H,19-22H2,1-2H3,(H2,41,51)(H2,42,52)/b44-43+. The van der Waals surface area contributed by atoms with Crippen molar-refractivity contribution in [3.05, 3.63) is 125 Å². The number of hydrogen-bond donors (Lipinski definition) is 3. The topological polar surface area (TPSA) is 203 Å². The van der Waals surface area contributed by atoms with E-state index in [2.05, 4.69) is 20.8 Å². The second kappa shape index (κ2) is 14.5. The summed E-state index contributed by atoms with van der Waals surface area (Å²) in [5.41, 5.74) is 20.0. The number of carbonyl (C=O) groups is 4. The molecule has 4 aromatic carbocycles. The normalized spacial score (nSPS) is 16.7. The van der Waals surface area contributed by atoms with E-state index in [0.717, 1.165) is 0 Å². The number of benzene rings is 4. The lowest BCUT2D eigenvalue weighted by Crippen LogP contribution is -2.45. The van der Waals surface area contributed by atoms with Gasteiger partial charge in [-0.1, -0.05) is 0 Å². The number of nitrogens with zero attached hydrogens (tertiary/aromatic N) is 7. The molecule has 0 saturated heterocycles. The Balaban J connectivity index is 0.967. The molecule has 0 spiro atoms. The lowest BCUT2D eigenvalue weighted by Gasteiger charge is -2.31. The largest absolute Gasteiger partial charge is 0.497 e. The van der Waals surface area contributed by atoms with Crippen LogP contribution in [-0.2, 0) is 16.0 Å². The second-order valence-electron chi connectivity index (χ2n) is 13.2. The maximum absolute atomic E-state index is 13.9. The number of anilines is 3. The van der Waals surface area contributed by atoms with E-state index in [9.17, 15) is 19.2 Å². The maximum Gasteiger partial charge on any atom is 0.277 e. The third-order valence-electron chi connectivity index (χ3n) is 9.97. The highest BCUT2D eigenvalue weighted by atomic mass is 16.5. The van der Waals surface area contributed by atoms with Crippen molar-refractivity contribution in [1.82, 2.24) is 15.2 Å². The van der Waals surface area contributed by atoms with Crippen molar-refractivity contribution in [3.63, 3.8) is 0 Å². The van der Waals surface area contributed by atoms with Gasteiger partial charge in [-0.25, -0.2) is 10.1 Å². The van der Waals surface area contributed by atoms with Gasteiger partial charge in [-0.2, -0.15) is 15.3 Å². The van der Waals surface area contributed by atoms with E-state index >= 15 is 0 Å². The predicted octanol–water partition coefficient (Wildman–Crippen LogP) is 4.48. The Labute approximate surface area is 320 Å². The van der Waals surface area contributed by atoms with Gasteiger partial charge in [0.05, 0.1) is 37.0 Å². The number of azo groups is 1. The van der Waals surface area contributed by atoms with Gasteiger partial charge in [0, 0.05) is 30.0 Å². The van der Waals surface area contributed by atoms with E-state index in [1.54, 1.807) is 126 Å². The zero-order chi connectivity index (χ0) is 39.1. The number of methoxy groups -OCH3 is 2. The summed E-state index contributed by atoms with van der Waals surface area (Å²) in [5.74, 6) is -0.554. The van der Waals surface area contributed by atoms with Crippen LogP contribution in [0.15, 0.2) is 119 Å². The number of amides is 4. The van der Waals surface area contributed by atoms with Crippen LogP contribution in [0.2, 0.25) is 0 Å². The van der Waals surface area contributed by atoms with Gasteiger partial charge in [-0.05, 0) is 115 Å². The fourth-order valence-corrected chi connectivity index (χ4v) is 7.15. The van der Waals surface area contributed by atoms with Crippen LogP contribution >= 0.6 is 0 Å². The van der Waals surface area contributed by atoms with Crippen LogP contribution in [-0.4, -0.2) is 66.8 Å². The third kappa shape index (κ3) is 6.36. The summed E-state index contributed by atoms with van der Waals surface area (Å²) < 4.78 is 12.0. The van der Waals surface area contributed by atoms with Crippen LogP contribution in [0.3, 0.4) is 0 Å². The van der Waals surface area contributed by atoms with E-state index in [4.69, 9.17) is 20.9 Å². The molecule has 282 valence electrons. The molecule has 5 aromatic rings. The van der Waals surface area contributed by atoms with Gasteiger partial charge in [0.1, 0.15) is 28.9 Å². The number of fused-ring (bicyclic) bond motifs is 1. The molecule has 4 heterocycles. The molecule has 1 aromatic heterocycles. The highest BCUT2D eigenvalue weighted by Gasteiger charge is 2.43. The van der Waals surface area contributed by atoms with Crippen molar-refractivity contribution in [2.24, 2.45) is 21.7 Å². The minimum Gasteiger partial charge on any atom is -0.497 e. The van der Waals surface area contributed by atoms with Gasteiger partial charge < -0.3 is 30.7 Å². The molecule has 1 atom stereocenters. The molecule has 0 radical (unpaired) electrons. The third-order valence-corrected chi connectivity index (χ3v) is 9.97. The Kier molecular flexibility index (Phi) is 9.23. The molecule has 8 rings (SSSR count). The number of hydrazine groups is 1. The van der Waals surface area contributed by atoms with Crippen molar-refractivity contribution in [2.75, 3.05) is 42.1 Å². The van der Waals surface area contributed by atoms with Gasteiger partial charge >= 0.3 is 0 Å². The highest BCUT2D eigenvalue weighted by molar-refractivity contribution is 6.11. The van der Waals surface area contributed by atoms with Gasteiger partial charge in [0.2, 0.25) is 5.91 Å². The van der Waals surface area contributed by atoms with Crippen LogP contribution in [0.4, 0.5) is 28.4 Å². The Morgan fingerprint density at radius 2 is 1.20 bits per heavy atom. The number of carbonyl (C=O) groups excluding carboxylic acids is 4. The first-order chi connectivity index (χ1) is 27.1. The summed E-state index contributed by atoms with van der Waals surface area (Å²) >= 11 is 0. The highest BCUT2D eigenvalue weighted by Crippen LogP contribution is 2.36. The first-order valence-electron chi connectivity index (χ1n) is 17.7. The molecular weight excluding hydrogens is 717 g/mol.